The van der Waals surface area contributed by atoms with E-state index in [2.05, 4.69) is 23.9 Å². The molecule has 0 atom stereocenters. The molecule has 1 aromatic rings. The highest BCUT2D eigenvalue weighted by Gasteiger charge is 2.10. The number of aryl methyl sites for hydroxylation is 1. The van der Waals surface area contributed by atoms with Crippen molar-refractivity contribution in [2.75, 3.05) is 0 Å². The third-order valence-corrected chi connectivity index (χ3v) is 2.60. The van der Waals surface area contributed by atoms with Gasteiger partial charge in [0.05, 0.1) is 12.1 Å². The van der Waals surface area contributed by atoms with E-state index in [1.807, 2.05) is 20.8 Å². The second-order valence-electron chi connectivity index (χ2n) is 4.06. The van der Waals surface area contributed by atoms with Gasteiger partial charge in [-0.2, -0.15) is 5.48 Å². The standard InChI is InChI=1S/C10H17NOS/c1-8-5-6-13-9(8)7-11-12-10(2,3)4/h5-6,11H,7H2,1-4H3. The van der Waals surface area contributed by atoms with Crippen molar-refractivity contribution in [3.63, 3.8) is 0 Å². The van der Waals surface area contributed by atoms with Gasteiger partial charge in [0.15, 0.2) is 0 Å². The Labute approximate surface area is 83.9 Å². The summed E-state index contributed by atoms with van der Waals surface area (Å²) in [4.78, 5) is 6.75. The van der Waals surface area contributed by atoms with Crippen LogP contribution in [-0.2, 0) is 11.4 Å². The normalized spacial score (nSPS) is 12.0. The van der Waals surface area contributed by atoms with Crippen LogP contribution in [0.2, 0.25) is 0 Å². The predicted octanol–water partition coefficient (Wildman–Crippen LogP) is 2.88. The van der Waals surface area contributed by atoms with Gasteiger partial charge in [0.25, 0.3) is 0 Å². The monoisotopic (exact) mass is 199 g/mol. The lowest BCUT2D eigenvalue weighted by Crippen LogP contribution is -2.28. The van der Waals surface area contributed by atoms with E-state index < -0.39 is 0 Å². The molecule has 0 saturated heterocycles. The van der Waals surface area contributed by atoms with Crippen molar-refractivity contribution in [3.8, 4) is 0 Å². The summed E-state index contributed by atoms with van der Waals surface area (Å²) in [5.74, 6) is 0. The van der Waals surface area contributed by atoms with Crippen molar-refractivity contribution >= 4 is 11.3 Å². The van der Waals surface area contributed by atoms with Crippen LogP contribution in [0.1, 0.15) is 31.2 Å². The Hall–Kier alpha value is -0.380. The Morgan fingerprint density at radius 3 is 2.62 bits per heavy atom. The van der Waals surface area contributed by atoms with Crippen LogP contribution in [0.5, 0.6) is 0 Å². The van der Waals surface area contributed by atoms with Crippen molar-refractivity contribution in [1.29, 1.82) is 0 Å². The molecular formula is C10H17NOS. The minimum Gasteiger partial charge on any atom is -0.296 e. The molecule has 1 rings (SSSR count). The van der Waals surface area contributed by atoms with Crippen molar-refractivity contribution in [2.45, 2.75) is 39.8 Å². The molecule has 74 valence electrons. The summed E-state index contributed by atoms with van der Waals surface area (Å²) in [6.07, 6.45) is 0. The van der Waals surface area contributed by atoms with Crippen molar-refractivity contribution in [1.82, 2.24) is 5.48 Å². The van der Waals surface area contributed by atoms with Gasteiger partial charge in [-0.05, 0) is 44.7 Å². The molecule has 0 radical (unpaired) electrons. The van der Waals surface area contributed by atoms with Gasteiger partial charge < -0.3 is 0 Å². The molecule has 0 fully saturated rings. The lowest BCUT2D eigenvalue weighted by atomic mass is 10.2. The Morgan fingerprint density at radius 2 is 2.15 bits per heavy atom. The molecule has 0 aliphatic carbocycles. The van der Waals surface area contributed by atoms with Gasteiger partial charge in [-0.15, -0.1) is 11.3 Å². The lowest BCUT2D eigenvalue weighted by molar-refractivity contribution is -0.0754. The first kappa shape index (κ1) is 10.7. The average molecular weight is 199 g/mol. The summed E-state index contributed by atoms with van der Waals surface area (Å²) in [6.45, 7) is 9.00. The zero-order valence-corrected chi connectivity index (χ0v) is 9.49. The second kappa shape index (κ2) is 4.22. The van der Waals surface area contributed by atoms with Gasteiger partial charge in [0.1, 0.15) is 0 Å². The molecule has 0 aliphatic rings. The van der Waals surface area contributed by atoms with Crippen molar-refractivity contribution in [2.24, 2.45) is 0 Å². The number of hydrogen-bond acceptors (Lipinski definition) is 3. The molecular weight excluding hydrogens is 182 g/mol. The number of hydrogen-bond donors (Lipinski definition) is 1. The van der Waals surface area contributed by atoms with E-state index in [4.69, 9.17) is 4.84 Å². The first-order valence-electron chi connectivity index (χ1n) is 4.43. The fourth-order valence-electron chi connectivity index (χ4n) is 0.903. The summed E-state index contributed by atoms with van der Waals surface area (Å²) in [6, 6.07) is 2.12. The van der Waals surface area contributed by atoms with E-state index >= 15 is 0 Å². The van der Waals surface area contributed by atoms with Gasteiger partial charge >= 0.3 is 0 Å². The Balaban J connectivity index is 2.32. The molecule has 0 spiro atoms. The SMILES string of the molecule is Cc1ccsc1CNOC(C)(C)C. The van der Waals surface area contributed by atoms with Gasteiger partial charge in [-0.3, -0.25) is 4.84 Å². The Bertz CT molecular complexity index is 262. The highest BCUT2D eigenvalue weighted by molar-refractivity contribution is 7.10. The fourth-order valence-corrected chi connectivity index (χ4v) is 1.74. The minimum atomic E-state index is -0.120. The molecule has 0 bridgehead atoms. The van der Waals surface area contributed by atoms with Gasteiger partial charge in [-0.25, -0.2) is 0 Å². The van der Waals surface area contributed by atoms with Crippen LogP contribution in [0.25, 0.3) is 0 Å². The molecule has 0 aromatic carbocycles. The molecule has 0 saturated carbocycles. The van der Waals surface area contributed by atoms with Gasteiger partial charge in [-0.1, -0.05) is 0 Å². The van der Waals surface area contributed by atoms with Crippen molar-refractivity contribution in [3.05, 3.63) is 21.9 Å². The third kappa shape index (κ3) is 3.89. The maximum Gasteiger partial charge on any atom is 0.0813 e. The van der Waals surface area contributed by atoms with Crippen LogP contribution in [0.4, 0.5) is 0 Å². The molecule has 3 heteroatoms. The summed E-state index contributed by atoms with van der Waals surface area (Å²) >= 11 is 1.76. The van der Waals surface area contributed by atoms with Crippen LogP contribution in [0, 0.1) is 6.92 Å². The number of hydroxylamine groups is 1. The minimum absolute atomic E-state index is 0.120. The first-order valence-corrected chi connectivity index (χ1v) is 5.31. The van der Waals surface area contributed by atoms with Crippen LogP contribution >= 0.6 is 11.3 Å². The van der Waals surface area contributed by atoms with E-state index in [1.165, 1.54) is 10.4 Å². The summed E-state index contributed by atoms with van der Waals surface area (Å²) in [5.41, 5.74) is 4.19. The Kier molecular flexibility index (Phi) is 3.47. The average Bonchev–Trinajstić information content (AvgIpc) is 2.34. The predicted molar refractivity (Wildman–Crippen MR) is 56.7 cm³/mol. The van der Waals surface area contributed by atoms with Crippen LogP contribution in [0.15, 0.2) is 11.4 Å². The van der Waals surface area contributed by atoms with E-state index in [0.717, 1.165) is 6.54 Å². The zero-order valence-electron chi connectivity index (χ0n) is 8.68. The van der Waals surface area contributed by atoms with Gasteiger partial charge in [0, 0.05) is 4.88 Å². The quantitative estimate of drug-likeness (QED) is 0.756. The molecule has 0 amide bonds. The maximum atomic E-state index is 5.41. The fraction of sp³-hybridized carbons (Fsp3) is 0.600. The highest BCUT2D eigenvalue weighted by Crippen LogP contribution is 2.15. The van der Waals surface area contributed by atoms with Crippen LogP contribution in [0.3, 0.4) is 0 Å². The number of nitrogens with one attached hydrogen (secondary N) is 1. The van der Waals surface area contributed by atoms with Crippen LogP contribution < -0.4 is 5.48 Å². The first-order chi connectivity index (χ1) is 5.99. The highest BCUT2D eigenvalue weighted by atomic mass is 32.1. The van der Waals surface area contributed by atoms with E-state index in [9.17, 15) is 0 Å². The largest absolute Gasteiger partial charge is 0.296 e. The Morgan fingerprint density at radius 1 is 1.46 bits per heavy atom. The molecule has 0 unspecified atom stereocenters. The molecule has 13 heavy (non-hydrogen) atoms. The second-order valence-corrected chi connectivity index (χ2v) is 5.06. The van der Waals surface area contributed by atoms with E-state index in [0.29, 0.717) is 0 Å². The molecule has 2 nitrogen and oxygen atoms in total. The smallest absolute Gasteiger partial charge is 0.0813 e. The third-order valence-electron chi connectivity index (χ3n) is 1.58. The molecule has 1 aromatic heterocycles. The zero-order chi connectivity index (χ0) is 9.90. The molecule has 1 N–H and O–H groups in total. The molecule has 0 aliphatic heterocycles. The summed E-state index contributed by atoms with van der Waals surface area (Å²) in [5, 5.41) is 2.10. The number of rotatable bonds is 3. The van der Waals surface area contributed by atoms with Crippen LogP contribution in [-0.4, -0.2) is 5.60 Å². The van der Waals surface area contributed by atoms with E-state index in [1.54, 1.807) is 11.3 Å². The van der Waals surface area contributed by atoms with Crippen molar-refractivity contribution < 1.29 is 4.84 Å². The summed E-state index contributed by atoms with van der Waals surface area (Å²) in [7, 11) is 0. The maximum absolute atomic E-state index is 5.41. The van der Waals surface area contributed by atoms with E-state index in [-0.39, 0.29) is 5.60 Å². The topological polar surface area (TPSA) is 21.3 Å². The lowest BCUT2D eigenvalue weighted by Gasteiger charge is -2.19. The summed E-state index contributed by atoms with van der Waals surface area (Å²) < 4.78 is 0. The molecule has 1 heterocycles. The van der Waals surface area contributed by atoms with Gasteiger partial charge in [0.2, 0.25) is 0 Å². The number of thiophene rings is 1.